The van der Waals surface area contributed by atoms with Crippen molar-refractivity contribution in [3.8, 4) is 0 Å². The number of halogens is 3. The third-order valence-electron chi connectivity index (χ3n) is 0. The summed E-state index contributed by atoms with van der Waals surface area (Å²) in [6, 6.07) is 0. The van der Waals surface area contributed by atoms with Crippen LogP contribution in [0.3, 0.4) is 0 Å². The summed E-state index contributed by atoms with van der Waals surface area (Å²) >= 11 is 13.1. The average Bonchev–Trinajstić information content (AvgIpc) is 0.722. The van der Waals surface area contributed by atoms with E-state index in [2.05, 4.69) is 26.2 Å². The largest absolute Gasteiger partial charge is 0.151 e. The standard InChI is InChI=1S/CBrCl2Si/c2-1(3,4)5. The molecule has 4 heteroatoms. The lowest BCUT2D eigenvalue weighted by Crippen LogP contribution is -1.95. The molecule has 0 aromatic carbocycles. The van der Waals surface area contributed by atoms with Crippen LogP contribution in [0.4, 0.5) is 0 Å². The maximum Gasteiger partial charge on any atom is 0.151 e. The third-order valence-corrected chi connectivity index (χ3v) is 0. The predicted octanol–water partition coefficient (Wildman–Crippen LogP) is 1.64. The first-order valence-electron chi connectivity index (χ1n) is 0.817. The van der Waals surface area contributed by atoms with E-state index in [0.717, 1.165) is 0 Å². The van der Waals surface area contributed by atoms with Crippen LogP contribution in [0, 0.1) is 0 Å². The Morgan fingerprint density at radius 1 is 1.60 bits per heavy atom. The van der Waals surface area contributed by atoms with Crippen molar-refractivity contribution in [1.82, 2.24) is 0 Å². The highest BCUT2D eigenvalue weighted by molar-refractivity contribution is 9.11. The molecular weight excluding hydrogens is 191 g/mol. The molecule has 0 fully saturated rings. The van der Waals surface area contributed by atoms with Crippen molar-refractivity contribution in [3.63, 3.8) is 0 Å². The minimum absolute atomic E-state index is 0.938. The van der Waals surface area contributed by atoms with Gasteiger partial charge in [-0.05, 0) is 0 Å². The molecule has 0 N–H and O–H groups in total. The van der Waals surface area contributed by atoms with Gasteiger partial charge in [0.05, 0.1) is 10.2 Å². The van der Waals surface area contributed by atoms with Gasteiger partial charge < -0.3 is 0 Å². The van der Waals surface area contributed by atoms with Crippen LogP contribution in [0.1, 0.15) is 0 Å². The molecular formula is CBrCl2Si. The summed E-state index contributed by atoms with van der Waals surface area (Å²) in [4.78, 5) is 0. The van der Waals surface area contributed by atoms with E-state index < -0.39 is 2.87 Å². The molecule has 0 rings (SSSR count). The molecule has 0 bridgehead atoms. The fourth-order valence-corrected chi connectivity index (χ4v) is 0. The van der Waals surface area contributed by atoms with Crippen LogP contribution in [-0.2, 0) is 0 Å². The third kappa shape index (κ3) is 34.8. The zero-order chi connectivity index (χ0) is 4.50. The van der Waals surface area contributed by atoms with Gasteiger partial charge in [-0.25, -0.2) is 0 Å². The van der Waals surface area contributed by atoms with Gasteiger partial charge >= 0.3 is 0 Å². The SMILES string of the molecule is [Si]C(Cl)(Cl)Br. The van der Waals surface area contributed by atoms with Gasteiger partial charge in [0.15, 0.2) is 2.87 Å². The summed E-state index contributed by atoms with van der Waals surface area (Å²) < 4.78 is -0.938. The van der Waals surface area contributed by atoms with Gasteiger partial charge in [-0.15, -0.1) is 0 Å². The Hall–Kier alpha value is 1.28. The lowest BCUT2D eigenvalue weighted by atomic mass is 11.8. The fourth-order valence-electron chi connectivity index (χ4n) is 0. The molecule has 0 aliphatic heterocycles. The second-order valence-electron chi connectivity index (χ2n) is 0.498. The second-order valence-corrected chi connectivity index (χ2v) is 6.04. The molecule has 0 nitrogen and oxygen atoms in total. The quantitative estimate of drug-likeness (QED) is 0.403. The average molecular weight is 191 g/mol. The van der Waals surface area contributed by atoms with E-state index >= 15 is 0 Å². The van der Waals surface area contributed by atoms with Crippen LogP contribution in [0.15, 0.2) is 0 Å². The molecule has 0 aliphatic rings. The van der Waals surface area contributed by atoms with E-state index in [1.807, 2.05) is 0 Å². The summed E-state index contributed by atoms with van der Waals surface area (Å²) in [5.41, 5.74) is 0. The summed E-state index contributed by atoms with van der Waals surface area (Å²) in [5.74, 6) is 0. The lowest BCUT2D eigenvalue weighted by Gasteiger charge is -1.95. The molecule has 0 aromatic rings. The van der Waals surface area contributed by atoms with Crippen molar-refractivity contribution in [1.29, 1.82) is 0 Å². The molecule has 0 saturated carbocycles. The van der Waals surface area contributed by atoms with Crippen molar-refractivity contribution in [3.05, 3.63) is 0 Å². The molecule has 0 amide bonds. The Bertz CT molecular complexity index is 25.1. The van der Waals surface area contributed by atoms with Gasteiger partial charge in [0.1, 0.15) is 0 Å². The molecule has 0 heterocycles. The predicted molar refractivity (Wildman–Crippen MR) is 29.1 cm³/mol. The molecule has 0 atom stereocenters. The van der Waals surface area contributed by atoms with E-state index in [-0.39, 0.29) is 0 Å². The van der Waals surface area contributed by atoms with Gasteiger partial charge in [-0.2, -0.15) is 0 Å². The molecule has 0 spiro atoms. The molecule has 29 valence electrons. The number of rotatable bonds is 0. The van der Waals surface area contributed by atoms with Gasteiger partial charge in [0.2, 0.25) is 0 Å². The maximum absolute atomic E-state index is 5.13. The number of hydrogen-bond donors (Lipinski definition) is 0. The topological polar surface area (TPSA) is 0 Å². The minimum Gasteiger partial charge on any atom is -0.0943 e. The summed E-state index contributed by atoms with van der Waals surface area (Å²) in [5, 5.41) is 0. The molecule has 5 heavy (non-hydrogen) atoms. The monoisotopic (exact) mass is 189 g/mol. The van der Waals surface area contributed by atoms with Crippen LogP contribution in [0.5, 0.6) is 0 Å². The first-order valence-corrected chi connectivity index (χ1v) is 2.87. The van der Waals surface area contributed by atoms with Crippen LogP contribution in [0.2, 0.25) is 0 Å². The molecule has 0 aromatic heterocycles. The highest BCUT2D eigenvalue weighted by Crippen LogP contribution is 2.22. The fraction of sp³-hybridized carbons (Fsp3) is 1.00. The van der Waals surface area contributed by atoms with Crippen molar-refractivity contribution >= 4 is 49.4 Å². The zero-order valence-electron chi connectivity index (χ0n) is 2.13. The maximum atomic E-state index is 5.13. The Kier molecular flexibility index (Phi) is 2.29. The Morgan fingerprint density at radius 2 is 1.60 bits per heavy atom. The normalized spacial score (nSPS) is 12.0. The van der Waals surface area contributed by atoms with E-state index in [4.69, 9.17) is 23.2 Å². The Balaban J connectivity index is 3.02. The summed E-state index contributed by atoms with van der Waals surface area (Å²) in [6.07, 6.45) is 0. The van der Waals surface area contributed by atoms with E-state index in [9.17, 15) is 0 Å². The van der Waals surface area contributed by atoms with E-state index in [1.54, 1.807) is 0 Å². The lowest BCUT2D eigenvalue weighted by molar-refractivity contribution is 1.84. The van der Waals surface area contributed by atoms with Crippen molar-refractivity contribution in [2.45, 2.75) is 2.87 Å². The molecule has 0 unspecified atom stereocenters. The van der Waals surface area contributed by atoms with Gasteiger partial charge in [-0.1, -0.05) is 39.1 Å². The summed E-state index contributed by atoms with van der Waals surface area (Å²) in [6.45, 7) is 0. The smallest absolute Gasteiger partial charge is 0.0943 e. The first kappa shape index (κ1) is 6.28. The zero-order valence-corrected chi connectivity index (χ0v) is 6.23. The highest BCUT2D eigenvalue weighted by atomic mass is 79.9. The molecule has 0 aliphatic carbocycles. The van der Waals surface area contributed by atoms with Crippen LogP contribution >= 0.6 is 39.1 Å². The second kappa shape index (κ2) is 1.82. The first-order chi connectivity index (χ1) is 2.00. The van der Waals surface area contributed by atoms with Crippen molar-refractivity contribution in [2.75, 3.05) is 0 Å². The minimum atomic E-state index is -0.938. The van der Waals surface area contributed by atoms with Crippen molar-refractivity contribution < 1.29 is 0 Å². The summed E-state index contributed by atoms with van der Waals surface area (Å²) in [7, 11) is 2.87. The van der Waals surface area contributed by atoms with Gasteiger partial charge in [0.25, 0.3) is 0 Å². The van der Waals surface area contributed by atoms with Crippen LogP contribution in [-0.4, -0.2) is 13.1 Å². The van der Waals surface area contributed by atoms with Crippen LogP contribution in [0.25, 0.3) is 0 Å². The van der Waals surface area contributed by atoms with E-state index in [0.29, 0.717) is 0 Å². The van der Waals surface area contributed by atoms with E-state index in [1.165, 1.54) is 0 Å². The Morgan fingerprint density at radius 3 is 1.60 bits per heavy atom. The van der Waals surface area contributed by atoms with Gasteiger partial charge in [-0.3, -0.25) is 0 Å². The molecule has 0 saturated heterocycles. The van der Waals surface area contributed by atoms with Crippen LogP contribution < -0.4 is 0 Å². The molecule has 3 radical (unpaired) electrons. The number of hydrogen-bond acceptors (Lipinski definition) is 0. The Labute approximate surface area is 52.4 Å². The van der Waals surface area contributed by atoms with Gasteiger partial charge in [0, 0.05) is 0 Å². The highest BCUT2D eigenvalue weighted by Gasteiger charge is 2.06. The number of alkyl halides is 3. The van der Waals surface area contributed by atoms with Crippen molar-refractivity contribution in [2.24, 2.45) is 0 Å².